The number of thioether (sulfide) groups is 1. The standard InChI is InChI=1S/C16H19N5O3S2/c1-24-12-5-3-2-4-11(12)14(23)20-6-8-21(9-7-20)15-18-19-16(26-15)25-10-13(17)22/h2-5H,6-10H2,1H3,(H2,17,22). The predicted octanol–water partition coefficient (Wildman–Crippen LogP) is 1.09. The van der Waals surface area contributed by atoms with E-state index >= 15 is 0 Å². The number of nitrogens with zero attached hydrogens (tertiary/aromatic N) is 4. The van der Waals surface area contributed by atoms with E-state index < -0.39 is 0 Å². The summed E-state index contributed by atoms with van der Waals surface area (Å²) in [7, 11) is 1.56. The SMILES string of the molecule is COc1ccccc1C(=O)N1CCN(c2nnc(SCC(N)=O)s2)CC1. The van der Waals surface area contributed by atoms with Gasteiger partial charge in [0, 0.05) is 26.2 Å². The van der Waals surface area contributed by atoms with Gasteiger partial charge in [0.05, 0.1) is 18.4 Å². The smallest absolute Gasteiger partial charge is 0.257 e. The third-order valence-corrected chi connectivity index (χ3v) is 6.05. The summed E-state index contributed by atoms with van der Waals surface area (Å²) in [6.07, 6.45) is 0. The second kappa shape index (κ2) is 8.37. The number of carbonyl (C=O) groups is 2. The molecule has 0 spiro atoms. The van der Waals surface area contributed by atoms with Crippen molar-refractivity contribution in [2.24, 2.45) is 5.73 Å². The van der Waals surface area contributed by atoms with Gasteiger partial charge in [0.25, 0.3) is 5.91 Å². The van der Waals surface area contributed by atoms with Crippen LogP contribution in [-0.2, 0) is 4.79 Å². The lowest BCUT2D eigenvalue weighted by atomic mass is 10.1. The van der Waals surface area contributed by atoms with Crippen LogP contribution < -0.4 is 15.4 Å². The van der Waals surface area contributed by atoms with E-state index in [1.165, 1.54) is 23.1 Å². The van der Waals surface area contributed by atoms with Crippen LogP contribution in [0.1, 0.15) is 10.4 Å². The summed E-state index contributed by atoms with van der Waals surface area (Å²) in [5.74, 6) is 0.364. The first kappa shape index (κ1) is 18.5. The van der Waals surface area contributed by atoms with Crippen LogP contribution in [0.5, 0.6) is 5.75 Å². The van der Waals surface area contributed by atoms with E-state index in [9.17, 15) is 9.59 Å². The Bertz CT molecular complexity index is 790. The van der Waals surface area contributed by atoms with Crippen LogP contribution in [0.2, 0.25) is 0 Å². The Morgan fingerprint density at radius 1 is 1.23 bits per heavy atom. The molecular weight excluding hydrogens is 374 g/mol. The minimum atomic E-state index is -0.379. The van der Waals surface area contributed by atoms with E-state index in [-0.39, 0.29) is 17.6 Å². The van der Waals surface area contributed by atoms with Gasteiger partial charge in [-0.05, 0) is 12.1 Å². The normalized spacial score (nSPS) is 14.3. The monoisotopic (exact) mass is 393 g/mol. The molecule has 2 heterocycles. The average molecular weight is 393 g/mol. The van der Waals surface area contributed by atoms with Crippen LogP contribution in [0.4, 0.5) is 5.13 Å². The lowest BCUT2D eigenvalue weighted by molar-refractivity contribution is -0.115. The fraction of sp³-hybridized carbons (Fsp3) is 0.375. The number of para-hydroxylation sites is 1. The maximum absolute atomic E-state index is 12.7. The van der Waals surface area contributed by atoms with E-state index in [1.54, 1.807) is 19.2 Å². The molecule has 1 aliphatic rings. The topological polar surface area (TPSA) is 102 Å². The molecule has 0 atom stereocenters. The molecule has 10 heteroatoms. The van der Waals surface area contributed by atoms with Gasteiger partial charge < -0.3 is 20.3 Å². The van der Waals surface area contributed by atoms with Crippen LogP contribution in [0.25, 0.3) is 0 Å². The number of rotatable bonds is 6. The van der Waals surface area contributed by atoms with Gasteiger partial charge in [0.15, 0.2) is 4.34 Å². The Hall–Kier alpha value is -2.33. The summed E-state index contributed by atoms with van der Waals surface area (Å²) in [4.78, 5) is 27.5. The third-order valence-electron chi connectivity index (χ3n) is 3.91. The molecule has 138 valence electrons. The highest BCUT2D eigenvalue weighted by Crippen LogP contribution is 2.29. The number of benzene rings is 1. The molecule has 0 aliphatic carbocycles. The van der Waals surface area contributed by atoms with Crippen molar-refractivity contribution >= 4 is 40.0 Å². The second-order valence-electron chi connectivity index (χ2n) is 5.59. The number of primary amides is 1. The number of ether oxygens (including phenoxy) is 1. The highest BCUT2D eigenvalue weighted by Gasteiger charge is 2.25. The zero-order valence-electron chi connectivity index (χ0n) is 14.3. The molecule has 26 heavy (non-hydrogen) atoms. The van der Waals surface area contributed by atoms with Gasteiger partial charge in [-0.15, -0.1) is 10.2 Å². The van der Waals surface area contributed by atoms with Gasteiger partial charge in [0.2, 0.25) is 11.0 Å². The second-order valence-corrected chi connectivity index (χ2v) is 7.76. The van der Waals surface area contributed by atoms with Gasteiger partial charge in [-0.2, -0.15) is 0 Å². The minimum Gasteiger partial charge on any atom is -0.496 e. The first-order chi connectivity index (χ1) is 12.6. The summed E-state index contributed by atoms with van der Waals surface area (Å²) in [6.45, 7) is 2.55. The number of aromatic nitrogens is 2. The zero-order valence-corrected chi connectivity index (χ0v) is 15.9. The highest BCUT2D eigenvalue weighted by atomic mass is 32.2. The number of methoxy groups -OCH3 is 1. The Kier molecular flexibility index (Phi) is 5.94. The molecule has 1 fully saturated rings. The Morgan fingerprint density at radius 2 is 1.96 bits per heavy atom. The van der Waals surface area contributed by atoms with Crippen LogP contribution in [-0.4, -0.2) is 66.0 Å². The van der Waals surface area contributed by atoms with Crippen LogP contribution in [0.3, 0.4) is 0 Å². The van der Waals surface area contributed by atoms with E-state index in [1.807, 2.05) is 17.0 Å². The maximum atomic E-state index is 12.7. The Labute approximate surface area is 159 Å². The summed E-state index contributed by atoms with van der Waals surface area (Å²) in [5.41, 5.74) is 5.72. The van der Waals surface area contributed by atoms with Crippen molar-refractivity contribution in [3.8, 4) is 5.75 Å². The number of piperazine rings is 1. The molecule has 1 aromatic heterocycles. The summed E-state index contributed by atoms with van der Waals surface area (Å²) in [6, 6.07) is 7.24. The third kappa shape index (κ3) is 4.25. The largest absolute Gasteiger partial charge is 0.496 e. The molecule has 1 aromatic carbocycles. The minimum absolute atomic E-state index is 0.0305. The van der Waals surface area contributed by atoms with E-state index in [2.05, 4.69) is 15.1 Å². The number of hydrogen-bond acceptors (Lipinski definition) is 8. The van der Waals surface area contributed by atoms with Crippen molar-refractivity contribution in [3.63, 3.8) is 0 Å². The van der Waals surface area contributed by atoms with Gasteiger partial charge in [0.1, 0.15) is 5.75 Å². The molecule has 8 nitrogen and oxygen atoms in total. The molecule has 3 rings (SSSR count). The average Bonchev–Trinajstić information content (AvgIpc) is 3.15. The summed E-state index contributed by atoms with van der Waals surface area (Å²) in [5, 5.41) is 9.04. The first-order valence-corrected chi connectivity index (χ1v) is 9.80. The molecule has 2 aromatic rings. The van der Waals surface area contributed by atoms with E-state index in [0.29, 0.717) is 41.8 Å². The number of hydrogen-bond donors (Lipinski definition) is 1. The molecule has 1 aliphatic heterocycles. The van der Waals surface area contributed by atoms with Crippen molar-refractivity contribution in [2.75, 3.05) is 43.9 Å². The Balaban J connectivity index is 1.59. The molecule has 2 amide bonds. The lowest BCUT2D eigenvalue weighted by Crippen LogP contribution is -2.48. The van der Waals surface area contributed by atoms with Crippen molar-refractivity contribution in [2.45, 2.75) is 4.34 Å². The van der Waals surface area contributed by atoms with Gasteiger partial charge in [-0.25, -0.2) is 0 Å². The van der Waals surface area contributed by atoms with Gasteiger partial charge >= 0.3 is 0 Å². The molecular formula is C16H19N5O3S2. The van der Waals surface area contributed by atoms with E-state index in [0.717, 1.165) is 5.13 Å². The molecule has 1 saturated heterocycles. The van der Waals surface area contributed by atoms with Gasteiger partial charge in [-0.3, -0.25) is 9.59 Å². The fourth-order valence-electron chi connectivity index (χ4n) is 2.61. The molecule has 0 saturated carbocycles. The number of nitrogens with two attached hydrogens (primary N) is 1. The number of anilines is 1. The van der Waals surface area contributed by atoms with Crippen LogP contribution in [0, 0.1) is 0 Å². The van der Waals surface area contributed by atoms with Crippen molar-refractivity contribution in [3.05, 3.63) is 29.8 Å². The molecule has 0 unspecified atom stereocenters. The van der Waals surface area contributed by atoms with Crippen LogP contribution in [0.15, 0.2) is 28.6 Å². The molecule has 2 N–H and O–H groups in total. The van der Waals surface area contributed by atoms with Crippen molar-refractivity contribution in [1.29, 1.82) is 0 Å². The quantitative estimate of drug-likeness (QED) is 0.733. The maximum Gasteiger partial charge on any atom is 0.257 e. The number of carbonyl (C=O) groups excluding carboxylic acids is 2. The summed E-state index contributed by atoms with van der Waals surface area (Å²) < 4.78 is 5.99. The zero-order chi connectivity index (χ0) is 18.5. The molecule has 0 radical (unpaired) electrons. The van der Waals surface area contributed by atoms with Crippen molar-refractivity contribution < 1.29 is 14.3 Å². The highest BCUT2D eigenvalue weighted by molar-refractivity contribution is 8.01. The fourth-order valence-corrected chi connectivity index (χ4v) is 4.25. The van der Waals surface area contributed by atoms with E-state index in [4.69, 9.17) is 10.5 Å². The first-order valence-electron chi connectivity index (χ1n) is 8.00. The predicted molar refractivity (Wildman–Crippen MR) is 101 cm³/mol. The van der Waals surface area contributed by atoms with Gasteiger partial charge in [-0.1, -0.05) is 35.2 Å². The van der Waals surface area contributed by atoms with Crippen molar-refractivity contribution in [1.82, 2.24) is 15.1 Å². The summed E-state index contributed by atoms with van der Waals surface area (Å²) >= 11 is 2.71. The molecule has 0 bridgehead atoms. The number of amides is 2. The lowest BCUT2D eigenvalue weighted by Gasteiger charge is -2.34. The Morgan fingerprint density at radius 3 is 2.65 bits per heavy atom. The van der Waals surface area contributed by atoms with Crippen LogP contribution >= 0.6 is 23.1 Å².